The maximum atomic E-state index is 13.1. The van der Waals surface area contributed by atoms with E-state index in [0.717, 1.165) is 28.3 Å². The predicted octanol–water partition coefficient (Wildman–Crippen LogP) is 2.86. The summed E-state index contributed by atoms with van der Waals surface area (Å²) in [6, 6.07) is 8.29. The molecule has 3 aliphatic rings. The molecule has 9 nitrogen and oxygen atoms in total. The minimum Gasteiger partial charge on any atom is -0.486 e. The molecule has 1 aromatic heterocycles. The van der Waals surface area contributed by atoms with Crippen LogP contribution in [0.4, 0.5) is 4.79 Å². The number of aromatic nitrogens is 1. The summed E-state index contributed by atoms with van der Waals surface area (Å²) in [5.41, 5.74) is 1.98. The standard InChI is InChI=1S/C25H27N3O6/c1-15-11-19(16(2)26(15)12-18-14-33-21-9-5-6-10-22(21)34-18)20(29)13-27-23(30)24(31)28(25(27)32)17-7-3-4-8-17/h5-6,9-11,17-18H,3-4,7-8,12-14H2,1-2H3/t18-/m0/s1. The summed E-state index contributed by atoms with van der Waals surface area (Å²) in [5, 5.41) is 0. The smallest absolute Gasteiger partial charge is 0.334 e. The Balaban J connectivity index is 1.30. The molecule has 34 heavy (non-hydrogen) atoms. The molecule has 178 valence electrons. The molecule has 1 aromatic carbocycles. The highest BCUT2D eigenvalue weighted by Gasteiger charge is 2.48. The van der Waals surface area contributed by atoms with Crippen LogP contribution in [0.25, 0.3) is 0 Å². The van der Waals surface area contributed by atoms with E-state index in [9.17, 15) is 19.2 Å². The summed E-state index contributed by atoms with van der Waals surface area (Å²) in [5.74, 6) is -0.750. The monoisotopic (exact) mass is 465 g/mol. The minimum atomic E-state index is -0.925. The van der Waals surface area contributed by atoms with Gasteiger partial charge in [0.1, 0.15) is 6.61 Å². The summed E-state index contributed by atoms with van der Waals surface area (Å²) in [6.07, 6.45) is 3.00. The summed E-state index contributed by atoms with van der Waals surface area (Å²) in [7, 11) is 0. The first-order chi connectivity index (χ1) is 16.3. The second-order valence-electron chi connectivity index (χ2n) is 9.10. The van der Waals surface area contributed by atoms with E-state index in [4.69, 9.17) is 9.47 Å². The van der Waals surface area contributed by atoms with Crippen molar-refractivity contribution in [2.75, 3.05) is 13.2 Å². The number of carbonyl (C=O) groups is 4. The van der Waals surface area contributed by atoms with Gasteiger partial charge in [-0.05, 0) is 44.9 Å². The molecule has 2 aliphatic heterocycles. The molecule has 0 radical (unpaired) electrons. The highest BCUT2D eigenvalue weighted by Crippen LogP contribution is 2.32. The zero-order chi connectivity index (χ0) is 24.0. The number of hydrogen-bond acceptors (Lipinski definition) is 6. The number of aryl methyl sites for hydroxylation is 1. The zero-order valence-electron chi connectivity index (χ0n) is 19.3. The van der Waals surface area contributed by atoms with Gasteiger partial charge in [-0.3, -0.25) is 19.3 Å². The second-order valence-corrected chi connectivity index (χ2v) is 9.10. The van der Waals surface area contributed by atoms with E-state index in [1.807, 2.05) is 42.7 Å². The van der Waals surface area contributed by atoms with Crippen LogP contribution in [0, 0.1) is 13.8 Å². The van der Waals surface area contributed by atoms with Crippen LogP contribution < -0.4 is 9.47 Å². The van der Waals surface area contributed by atoms with Gasteiger partial charge in [-0.25, -0.2) is 9.69 Å². The Hall–Kier alpha value is -3.62. The van der Waals surface area contributed by atoms with Crippen molar-refractivity contribution in [2.45, 2.75) is 58.2 Å². The van der Waals surface area contributed by atoms with Crippen LogP contribution in [0.1, 0.15) is 47.4 Å². The third kappa shape index (κ3) is 3.74. The van der Waals surface area contributed by atoms with E-state index in [0.29, 0.717) is 48.7 Å². The van der Waals surface area contributed by atoms with Crippen molar-refractivity contribution in [3.63, 3.8) is 0 Å². The van der Waals surface area contributed by atoms with Crippen molar-refractivity contribution in [3.05, 3.63) is 47.3 Å². The molecule has 4 amide bonds. The van der Waals surface area contributed by atoms with Gasteiger partial charge < -0.3 is 14.0 Å². The summed E-state index contributed by atoms with van der Waals surface area (Å²) >= 11 is 0. The quantitative estimate of drug-likeness (QED) is 0.370. The minimum absolute atomic E-state index is 0.234. The molecular formula is C25H27N3O6. The largest absolute Gasteiger partial charge is 0.486 e. The highest BCUT2D eigenvalue weighted by atomic mass is 16.6. The fraction of sp³-hybridized carbons (Fsp3) is 0.440. The molecule has 5 rings (SSSR count). The fourth-order valence-electron chi connectivity index (χ4n) is 5.10. The van der Waals surface area contributed by atoms with E-state index in [1.165, 1.54) is 0 Å². The molecule has 0 N–H and O–H groups in total. The predicted molar refractivity (Wildman–Crippen MR) is 121 cm³/mol. The van der Waals surface area contributed by atoms with Crippen LogP contribution in [0.5, 0.6) is 11.5 Å². The van der Waals surface area contributed by atoms with Gasteiger partial charge in [-0.1, -0.05) is 25.0 Å². The number of urea groups is 1. The first kappa shape index (κ1) is 22.2. The molecule has 0 spiro atoms. The van der Waals surface area contributed by atoms with Gasteiger partial charge in [0.2, 0.25) is 0 Å². The molecule has 9 heteroatoms. The van der Waals surface area contributed by atoms with Crippen molar-refractivity contribution >= 4 is 23.6 Å². The third-order valence-electron chi connectivity index (χ3n) is 6.90. The van der Waals surface area contributed by atoms with Crippen molar-refractivity contribution in [1.29, 1.82) is 0 Å². The Morgan fingerprint density at radius 3 is 2.47 bits per heavy atom. The van der Waals surface area contributed by atoms with Gasteiger partial charge in [0.25, 0.3) is 0 Å². The maximum Gasteiger partial charge on any atom is 0.334 e. The number of ketones is 1. The lowest BCUT2D eigenvalue weighted by Crippen LogP contribution is -2.41. The van der Waals surface area contributed by atoms with Gasteiger partial charge in [0.05, 0.1) is 13.1 Å². The lowest BCUT2D eigenvalue weighted by Gasteiger charge is -2.27. The number of imide groups is 2. The fourth-order valence-corrected chi connectivity index (χ4v) is 5.10. The number of fused-ring (bicyclic) bond motifs is 1. The van der Waals surface area contributed by atoms with Crippen LogP contribution in [-0.2, 0) is 16.1 Å². The second kappa shape index (κ2) is 8.62. The normalized spacial score (nSPS) is 20.5. The number of nitrogens with zero attached hydrogens (tertiary/aromatic N) is 3. The molecule has 0 bridgehead atoms. The molecule has 2 fully saturated rings. The van der Waals surface area contributed by atoms with E-state index in [1.54, 1.807) is 6.07 Å². The van der Waals surface area contributed by atoms with Crippen LogP contribution in [0.15, 0.2) is 30.3 Å². The molecule has 2 aromatic rings. The van der Waals surface area contributed by atoms with Gasteiger partial charge in [-0.2, -0.15) is 0 Å². The van der Waals surface area contributed by atoms with Crippen molar-refractivity contribution in [3.8, 4) is 11.5 Å². The first-order valence-corrected chi connectivity index (χ1v) is 11.6. The van der Waals surface area contributed by atoms with Crippen molar-refractivity contribution < 1.29 is 28.7 Å². The maximum absolute atomic E-state index is 13.1. The molecule has 1 saturated heterocycles. The molecule has 3 heterocycles. The SMILES string of the molecule is Cc1cc(C(=O)CN2C(=O)C(=O)N(C3CCCC3)C2=O)c(C)n1C[C@H]1COc2ccccc2O1. The van der Waals surface area contributed by atoms with Crippen molar-refractivity contribution in [2.24, 2.45) is 0 Å². The number of amides is 4. The molecule has 1 saturated carbocycles. The Labute approximate surface area is 197 Å². The average Bonchev–Trinajstić information content (AvgIpc) is 3.50. The lowest BCUT2D eigenvalue weighted by molar-refractivity contribution is -0.143. The first-order valence-electron chi connectivity index (χ1n) is 11.6. The zero-order valence-corrected chi connectivity index (χ0v) is 19.3. The van der Waals surface area contributed by atoms with Crippen LogP contribution >= 0.6 is 0 Å². The highest BCUT2D eigenvalue weighted by molar-refractivity contribution is 6.45. The number of ether oxygens (including phenoxy) is 2. The van der Waals surface area contributed by atoms with Crippen LogP contribution in [-0.4, -0.2) is 63.3 Å². The van der Waals surface area contributed by atoms with Crippen molar-refractivity contribution in [1.82, 2.24) is 14.4 Å². The van der Waals surface area contributed by atoms with Gasteiger partial charge in [0.15, 0.2) is 23.4 Å². The number of rotatable bonds is 6. The Kier molecular flexibility index (Phi) is 5.63. The molecular weight excluding hydrogens is 438 g/mol. The molecule has 1 aliphatic carbocycles. The number of hydrogen-bond donors (Lipinski definition) is 0. The van der Waals surface area contributed by atoms with E-state index < -0.39 is 24.4 Å². The summed E-state index contributed by atoms with van der Waals surface area (Å²) < 4.78 is 13.8. The van der Waals surface area contributed by atoms with E-state index in [2.05, 4.69) is 0 Å². The summed E-state index contributed by atoms with van der Waals surface area (Å²) in [6.45, 7) is 4.12. The van der Waals surface area contributed by atoms with Gasteiger partial charge in [-0.15, -0.1) is 0 Å². The Bertz CT molecular complexity index is 1180. The number of para-hydroxylation sites is 2. The average molecular weight is 466 g/mol. The Morgan fingerprint density at radius 2 is 1.74 bits per heavy atom. The summed E-state index contributed by atoms with van der Waals surface area (Å²) in [4.78, 5) is 52.7. The van der Waals surface area contributed by atoms with Crippen LogP contribution in [0.2, 0.25) is 0 Å². The van der Waals surface area contributed by atoms with Gasteiger partial charge >= 0.3 is 17.8 Å². The molecule has 1 atom stereocenters. The third-order valence-corrected chi connectivity index (χ3v) is 6.90. The number of benzene rings is 1. The lowest BCUT2D eigenvalue weighted by atomic mass is 10.1. The van der Waals surface area contributed by atoms with E-state index in [-0.39, 0.29) is 17.9 Å². The Morgan fingerprint density at radius 1 is 1.03 bits per heavy atom. The van der Waals surface area contributed by atoms with E-state index >= 15 is 0 Å². The number of carbonyl (C=O) groups excluding carboxylic acids is 4. The van der Waals surface area contributed by atoms with Gasteiger partial charge in [0, 0.05) is 23.0 Å². The van der Waals surface area contributed by atoms with Crippen LogP contribution in [0.3, 0.4) is 0 Å². The topological polar surface area (TPSA) is 98.2 Å². The molecule has 0 unspecified atom stereocenters. The number of Topliss-reactive ketones (excluding diaryl/α,β-unsaturated/α-hetero) is 1.